The first kappa shape index (κ1) is 22.5. The average molecular weight is 473 g/mol. The first-order valence-corrected chi connectivity index (χ1v) is 10.2. The number of primary sulfonamides is 1. The molecule has 14 heteroatoms. The molecule has 0 amide bonds. The highest BCUT2D eigenvalue weighted by molar-refractivity contribution is 7.89. The van der Waals surface area contributed by atoms with Crippen molar-refractivity contribution in [2.45, 2.75) is 11.3 Å². The topological polar surface area (TPSA) is 131 Å². The quantitative estimate of drug-likeness (QED) is 0.389. The van der Waals surface area contributed by atoms with E-state index in [0.717, 1.165) is 12.1 Å². The first-order valence-electron chi connectivity index (χ1n) is 8.28. The van der Waals surface area contributed by atoms with Crippen LogP contribution in [-0.4, -0.2) is 29.6 Å². The first-order chi connectivity index (χ1) is 14.3. The van der Waals surface area contributed by atoms with Gasteiger partial charge in [-0.25, -0.2) is 13.6 Å². The van der Waals surface area contributed by atoms with Crippen molar-refractivity contribution in [2.24, 2.45) is 22.4 Å². The molecule has 0 radical (unpaired) electrons. The lowest BCUT2D eigenvalue weighted by Crippen LogP contribution is -2.16. The zero-order valence-corrected chi connectivity index (χ0v) is 17.2. The lowest BCUT2D eigenvalue weighted by atomic mass is 10.2. The number of nitrogens with one attached hydrogen (secondary N) is 1. The fourth-order valence-corrected chi connectivity index (χ4v) is 3.40. The molecule has 4 N–H and O–H groups in total. The van der Waals surface area contributed by atoms with Crippen molar-refractivity contribution in [1.29, 1.82) is 0 Å². The predicted octanol–water partition coefficient (Wildman–Crippen LogP) is 3.91. The molecule has 0 bridgehead atoms. The summed E-state index contributed by atoms with van der Waals surface area (Å²) in [6.45, 7) is 0. The number of sulfonamides is 1. The van der Waals surface area contributed by atoms with Gasteiger partial charge in [-0.2, -0.15) is 0 Å². The van der Waals surface area contributed by atoms with E-state index in [1.165, 1.54) is 41.9 Å². The van der Waals surface area contributed by atoms with Gasteiger partial charge in [-0.15, -0.1) is 23.4 Å². The molecule has 1 aromatic heterocycles. The van der Waals surface area contributed by atoms with E-state index in [1.807, 2.05) is 0 Å². The van der Waals surface area contributed by atoms with E-state index < -0.39 is 22.1 Å². The molecule has 0 aliphatic carbocycles. The molecule has 164 valence electrons. The van der Waals surface area contributed by atoms with Crippen LogP contribution in [0.5, 0.6) is 11.6 Å². The number of aryl methyl sites for hydroxylation is 1. The number of nitrogens with zero attached hydrogens (tertiary/aromatic N) is 3. The van der Waals surface area contributed by atoms with Crippen LogP contribution >= 0.6 is 12.2 Å². The van der Waals surface area contributed by atoms with Crippen molar-refractivity contribution < 1.29 is 31.4 Å². The summed E-state index contributed by atoms with van der Waals surface area (Å²) in [5.74, 6) is -0.857. The number of anilines is 1. The van der Waals surface area contributed by atoms with Gasteiger partial charge in [0.2, 0.25) is 21.0 Å². The van der Waals surface area contributed by atoms with Crippen LogP contribution in [0.3, 0.4) is 0 Å². The van der Waals surface area contributed by atoms with E-state index in [-0.39, 0.29) is 32.6 Å². The van der Waals surface area contributed by atoms with Gasteiger partial charge in [0, 0.05) is 18.1 Å². The summed E-state index contributed by atoms with van der Waals surface area (Å²) in [6.07, 6.45) is -4.89. The molecule has 0 atom stereocenters. The van der Waals surface area contributed by atoms with E-state index in [2.05, 4.69) is 20.3 Å². The smallest absolute Gasteiger partial charge is 0.493 e. The van der Waals surface area contributed by atoms with Crippen molar-refractivity contribution in [1.82, 2.24) is 4.57 Å². The van der Waals surface area contributed by atoms with E-state index >= 15 is 0 Å². The monoisotopic (exact) mass is 473 g/mol. The number of benzene rings is 2. The van der Waals surface area contributed by atoms with E-state index in [9.17, 15) is 26.7 Å². The van der Waals surface area contributed by atoms with Crippen molar-refractivity contribution in [2.75, 3.05) is 5.32 Å². The summed E-state index contributed by atoms with van der Waals surface area (Å²) in [6, 6.07) is 8.94. The third kappa shape index (κ3) is 5.28. The highest BCUT2D eigenvalue weighted by Gasteiger charge is 2.31. The zero-order chi connectivity index (χ0) is 23.0. The van der Waals surface area contributed by atoms with Gasteiger partial charge in [0.15, 0.2) is 5.69 Å². The van der Waals surface area contributed by atoms with Crippen LogP contribution in [0.15, 0.2) is 57.6 Å². The van der Waals surface area contributed by atoms with Crippen LogP contribution < -0.4 is 15.2 Å². The Morgan fingerprint density at radius 3 is 2.61 bits per heavy atom. The molecule has 0 unspecified atom stereocenters. The molecular weight excluding hydrogens is 459 g/mol. The Labute approximate surface area is 179 Å². The number of rotatable bonds is 4. The Morgan fingerprint density at radius 2 is 1.97 bits per heavy atom. The second-order valence-corrected chi connectivity index (χ2v) is 8.11. The van der Waals surface area contributed by atoms with Crippen molar-refractivity contribution >= 4 is 49.6 Å². The average Bonchev–Trinajstić information content (AvgIpc) is 2.88. The van der Waals surface area contributed by atoms with Crippen LogP contribution in [-0.2, 0) is 17.1 Å². The lowest BCUT2D eigenvalue weighted by molar-refractivity contribution is -0.274. The SMILES string of the molecule is Cn1c(O)c(N=NC(=S)Nc2cccc(S(N)(=O)=O)c2)c2cc(OC(F)(F)F)ccc21. The van der Waals surface area contributed by atoms with Crippen LogP contribution in [0.4, 0.5) is 24.5 Å². The van der Waals surface area contributed by atoms with Crippen molar-refractivity contribution in [3.05, 3.63) is 42.5 Å². The molecule has 0 saturated carbocycles. The third-order valence-electron chi connectivity index (χ3n) is 4.00. The minimum atomic E-state index is -4.89. The summed E-state index contributed by atoms with van der Waals surface area (Å²) < 4.78 is 65.5. The zero-order valence-electron chi connectivity index (χ0n) is 15.6. The van der Waals surface area contributed by atoms with Gasteiger partial charge < -0.3 is 19.7 Å². The largest absolute Gasteiger partial charge is 0.573 e. The number of halogens is 3. The Hall–Kier alpha value is -3.23. The molecule has 2 aromatic carbocycles. The molecular formula is C17H14F3N5O4S2. The summed E-state index contributed by atoms with van der Waals surface area (Å²) >= 11 is 5.03. The molecule has 0 fully saturated rings. The highest BCUT2D eigenvalue weighted by Crippen LogP contribution is 2.40. The highest BCUT2D eigenvalue weighted by atomic mass is 32.2. The fourth-order valence-electron chi connectivity index (χ4n) is 2.68. The Kier molecular flexibility index (Phi) is 5.89. The molecule has 0 spiro atoms. The summed E-state index contributed by atoms with van der Waals surface area (Å²) in [5, 5.41) is 25.5. The molecule has 1 heterocycles. The molecule has 9 nitrogen and oxygen atoms in total. The number of aromatic nitrogens is 1. The number of thiocarbonyl (C=S) groups is 1. The van der Waals surface area contributed by atoms with Gasteiger partial charge in [-0.05, 0) is 48.6 Å². The number of hydrogen-bond donors (Lipinski definition) is 3. The van der Waals surface area contributed by atoms with Crippen molar-refractivity contribution in [3.8, 4) is 11.6 Å². The van der Waals surface area contributed by atoms with E-state index in [1.54, 1.807) is 0 Å². The van der Waals surface area contributed by atoms with E-state index in [0.29, 0.717) is 5.52 Å². The molecule has 0 aliphatic heterocycles. The van der Waals surface area contributed by atoms with Gasteiger partial charge in [0.25, 0.3) is 0 Å². The molecule has 3 aromatic rings. The Morgan fingerprint density at radius 1 is 1.26 bits per heavy atom. The third-order valence-corrected chi connectivity index (χ3v) is 5.10. The molecule has 0 saturated heterocycles. The number of alkyl halides is 3. The minimum Gasteiger partial charge on any atom is -0.493 e. The second-order valence-electron chi connectivity index (χ2n) is 6.16. The van der Waals surface area contributed by atoms with Gasteiger partial charge in [0.1, 0.15) is 5.75 Å². The maximum atomic E-state index is 12.5. The second kappa shape index (κ2) is 8.13. The predicted molar refractivity (Wildman–Crippen MR) is 110 cm³/mol. The normalized spacial score (nSPS) is 12.4. The number of ether oxygens (including phenoxy) is 1. The maximum Gasteiger partial charge on any atom is 0.573 e. The fraction of sp³-hybridized carbons (Fsp3) is 0.118. The molecule has 3 rings (SSSR count). The van der Waals surface area contributed by atoms with Gasteiger partial charge in [-0.3, -0.25) is 0 Å². The number of hydrogen-bond acceptors (Lipinski definition) is 6. The number of fused-ring (bicyclic) bond motifs is 1. The van der Waals surface area contributed by atoms with Gasteiger partial charge in [0.05, 0.1) is 10.4 Å². The van der Waals surface area contributed by atoms with Crippen LogP contribution in [0.25, 0.3) is 10.9 Å². The van der Waals surface area contributed by atoms with E-state index in [4.69, 9.17) is 17.4 Å². The summed E-state index contributed by atoms with van der Waals surface area (Å²) in [5.41, 5.74) is 0.506. The Bertz CT molecular complexity index is 1300. The number of azo groups is 1. The number of nitrogens with two attached hydrogens (primary N) is 1. The van der Waals surface area contributed by atoms with Crippen LogP contribution in [0.2, 0.25) is 0 Å². The summed E-state index contributed by atoms with van der Waals surface area (Å²) in [4.78, 5) is -0.152. The standard InChI is InChI=1S/C17H14F3N5O4S2/c1-25-13-6-5-10(29-17(18,19)20)8-12(13)14(15(25)26)23-24-16(30)22-9-3-2-4-11(7-9)31(21,27)28/h2-8,26H,1H3,(H,22,30)(H2,21,27,28). The molecule has 31 heavy (non-hydrogen) atoms. The van der Waals surface area contributed by atoms with Crippen LogP contribution in [0, 0.1) is 0 Å². The lowest BCUT2D eigenvalue weighted by Gasteiger charge is -2.08. The van der Waals surface area contributed by atoms with Crippen molar-refractivity contribution in [3.63, 3.8) is 0 Å². The minimum absolute atomic E-state index is 0.132. The molecule has 0 aliphatic rings. The van der Waals surface area contributed by atoms with Gasteiger partial charge in [-0.1, -0.05) is 6.07 Å². The summed E-state index contributed by atoms with van der Waals surface area (Å²) in [7, 11) is -2.44. The number of aromatic hydroxyl groups is 1. The van der Waals surface area contributed by atoms with Crippen LogP contribution in [0.1, 0.15) is 0 Å². The maximum absolute atomic E-state index is 12.5. The Balaban J connectivity index is 1.89. The van der Waals surface area contributed by atoms with Gasteiger partial charge >= 0.3 is 6.36 Å².